The van der Waals surface area contributed by atoms with Crippen LogP contribution in [0.3, 0.4) is 0 Å². The van der Waals surface area contributed by atoms with Crippen LogP contribution >= 0.6 is 15.9 Å². The maximum absolute atomic E-state index is 8.60. The second-order valence-corrected chi connectivity index (χ2v) is 3.60. The van der Waals surface area contributed by atoms with E-state index in [2.05, 4.69) is 20.9 Å². The van der Waals surface area contributed by atoms with Gasteiger partial charge < -0.3 is 0 Å². The lowest BCUT2D eigenvalue weighted by Gasteiger charge is -1.96. The van der Waals surface area contributed by atoms with Crippen molar-refractivity contribution in [2.24, 2.45) is 0 Å². The van der Waals surface area contributed by atoms with Gasteiger partial charge in [0.05, 0.1) is 0 Å². The van der Waals surface area contributed by atoms with E-state index in [0.717, 1.165) is 15.2 Å². The third-order valence-electron chi connectivity index (χ3n) is 1.93. The molecule has 0 amide bonds. The molecule has 0 atom stereocenters. The molecule has 2 rings (SSSR count). The summed E-state index contributed by atoms with van der Waals surface area (Å²) < 4.78 is 1.01. The molecule has 2 aromatic rings. The number of hydrogen-bond acceptors (Lipinski definition) is 1. The molecule has 0 spiro atoms. The number of fused-ring (bicyclic) bond motifs is 1. The van der Waals surface area contributed by atoms with E-state index >= 15 is 0 Å². The summed E-state index contributed by atoms with van der Waals surface area (Å²) in [7, 11) is 0. The van der Waals surface area contributed by atoms with Gasteiger partial charge in [0.2, 0.25) is 5.39 Å². The van der Waals surface area contributed by atoms with Crippen LogP contribution in [0.2, 0.25) is 0 Å². The number of nitrogens with zero attached hydrogens (tertiary/aromatic N) is 2. The first kappa shape index (κ1) is 8.21. The van der Waals surface area contributed by atoms with Crippen LogP contribution in [0.15, 0.2) is 40.9 Å². The highest BCUT2D eigenvalue weighted by Crippen LogP contribution is 2.27. The Balaban J connectivity index is 2.84. The van der Waals surface area contributed by atoms with Crippen molar-refractivity contribution in [3.05, 3.63) is 45.8 Å². The Morgan fingerprint density at radius 3 is 2.77 bits per heavy atom. The molecule has 0 aliphatic rings. The quantitative estimate of drug-likeness (QED) is 0.631. The third kappa shape index (κ3) is 1.41. The summed E-state index contributed by atoms with van der Waals surface area (Å²) in [5.74, 6) is 0. The van der Waals surface area contributed by atoms with E-state index < -0.39 is 0 Å². The van der Waals surface area contributed by atoms with E-state index in [1.54, 1.807) is 6.07 Å². The Labute approximate surface area is 83.9 Å². The molecule has 0 saturated heterocycles. The summed E-state index contributed by atoms with van der Waals surface area (Å²) in [6, 6.07) is 11.5. The Morgan fingerprint density at radius 2 is 2.00 bits per heavy atom. The van der Waals surface area contributed by atoms with E-state index in [4.69, 9.17) is 5.39 Å². The van der Waals surface area contributed by atoms with Crippen molar-refractivity contribution in [1.29, 1.82) is 5.39 Å². The maximum atomic E-state index is 8.60. The molecule has 2 nitrogen and oxygen atoms in total. The van der Waals surface area contributed by atoms with Crippen LogP contribution in [-0.4, -0.2) is 0 Å². The molecule has 62 valence electrons. The molecule has 3 heteroatoms. The predicted molar refractivity (Wildman–Crippen MR) is 56.4 cm³/mol. The molecule has 0 bridgehead atoms. The lowest BCUT2D eigenvalue weighted by Crippen LogP contribution is -1.72. The fourth-order valence-corrected chi connectivity index (χ4v) is 1.78. The van der Waals surface area contributed by atoms with Gasteiger partial charge in [-0.1, -0.05) is 28.1 Å². The number of halogens is 1. The molecule has 0 saturated carbocycles. The Kier molecular flexibility index (Phi) is 1.99. The summed E-state index contributed by atoms with van der Waals surface area (Å²) in [5.41, 5.74) is 0.569. The van der Waals surface area contributed by atoms with Crippen LogP contribution < -0.4 is 0 Å². The zero-order valence-corrected chi connectivity index (χ0v) is 8.32. The van der Waals surface area contributed by atoms with Gasteiger partial charge >= 0.3 is 5.69 Å². The second-order valence-electron chi connectivity index (χ2n) is 2.75. The molecule has 0 radical (unpaired) electrons. The molecular weight excluding hydrogens is 228 g/mol. The number of benzene rings is 2. The van der Waals surface area contributed by atoms with Crippen molar-refractivity contribution in [3.63, 3.8) is 0 Å². The minimum absolute atomic E-state index is 0.569. The first-order valence-corrected chi connectivity index (χ1v) is 4.64. The molecule has 0 fully saturated rings. The normalized spacial score (nSPS) is 9.85. The van der Waals surface area contributed by atoms with Crippen LogP contribution in [0.1, 0.15) is 0 Å². The van der Waals surface area contributed by atoms with Crippen molar-refractivity contribution in [3.8, 4) is 0 Å². The van der Waals surface area contributed by atoms with Gasteiger partial charge in [-0.25, -0.2) is 0 Å². The standard InChI is InChI=1S/C10H6BrN2/c11-10-3-1-2-7-4-5-8(13-12)6-9(7)10/h1-6H/q+1. The molecule has 13 heavy (non-hydrogen) atoms. The van der Waals surface area contributed by atoms with Crippen molar-refractivity contribution in [2.45, 2.75) is 0 Å². The molecule has 0 aliphatic heterocycles. The number of hydrogen-bond donors (Lipinski definition) is 0. The summed E-state index contributed by atoms with van der Waals surface area (Å²) in [6.45, 7) is 0. The number of diazo groups is 1. The average Bonchev–Trinajstić information content (AvgIpc) is 2.18. The summed E-state index contributed by atoms with van der Waals surface area (Å²) >= 11 is 3.44. The smallest absolute Gasteiger partial charge is 0.0605 e. The molecule has 0 heterocycles. The van der Waals surface area contributed by atoms with Gasteiger partial charge in [0.25, 0.3) is 0 Å². The Morgan fingerprint density at radius 1 is 1.15 bits per heavy atom. The van der Waals surface area contributed by atoms with Gasteiger partial charge in [0, 0.05) is 22.0 Å². The molecule has 0 N–H and O–H groups in total. The average molecular weight is 234 g/mol. The summed E-state index contributed by atoms with van der Waals surface area (Å²) in [5, 5.41) is 10.8. The van der Waals surface area contributed by atoms with Gasteiger partial charge in [-0.05, 0) is 17.5 Å². The second kappa shape index (κ2) is 3.15. The predicted octanol–water partition coefficient (Wildman–Crippen LogP) is 4.09. The van der Waals surface area contributed by atoms with Gasteiger partial charge in [-0.15, -0.1) is 0 Å². The van der Waals surface area contributed by atoms with Crippen molar-refractivity contribution in [1.82, 2.24) is 0 Å². The third-order valence-corrected chi connectivity index (χ3v) is 2.62. The highest BCUT2D eigenvalue weighted by atomic mass is 79.9. The van der Waals surface area contributed by atoms with Gasteiger partial charge in [0.15, 0.2) is 4.98 Å². The maximum Gasteiger partial charge on any atom is 0.385 e. The zero-order chi connectivity index (χ0) is 9.26. The van der Waals surface area contributed by atoms with Gasteiger partial charge in [-0.2, -0.15) is 0 Å². The Bertz CT molecular complexity index is 500. The van der Waals surface area contributed by atoms with Gasteiger partial charge in [0.1, 0.15) is 0 Å². The van der Waals surface area contributed by atoms with Crippen LogP contribution in [0.25, 0.3) is 15.7 Å². The summed E-state index contributed by atoms with van der Waals surface area (Å²) in [6.07, 6.45) is 0. The minimum atomic E-state index is 0.569. The van der Waals surface area contributed by atoms with Crippen LogP contribution in [0, 0.1) is 5.39 Å². The monoisotopic (exact) mass is 233 g/mol. The molecular formula is C10H6BrN2+. The largest absolute Gasteiger partial charge is 0.385 e. The van der Waals surface area contributed by atoms with Crippen LogP contribution in [-0.2, 0) is 0 Å². The van der Waals surface area contributed by atoms with Crippen molar-refractivity contribution >= 4 is 32.4 Å². The highest BCUT2D eigenvalue weighted by Gasteiger charge is 2.06. The van der Waals surface area contributed by atoms with Gasteiger partial charge in [-0.3, -0.25) is 0 Å². The topological polar surface area (TPSA) is 28.1 Å². The van der Waals surface area contributed by atoms with E-state index in [-0.39, 0.29) is 0 Å². The van der Waals surface area contributed by atoms with Crippen LogP contribution in [0.5, 0.6) is 0 Å². The SMILES string of the molecule is N#[N+]c1ccc2cccc(Br)c2c1. The highest BCUT2D eigenvalue weighted by molar-refractivity contribution is 9.10. The van der Waals surface area contributed by atoms with E-state index in [1.807, 2.05) is 30.3 Å². The first-order chi connectivity index (χ1) is 6.31. The van der Waals surface area contributed by atoms with E-state index in [9.17, 15) is 0 Å². The first-order valence-electron chi connectivity index (χ1n) is 3.84. The van der Waals surface area contributed by atoms with E-state index in [1.165, 1.54) is 0 Å². The summed E-state index contributed by atoms with van der Waals surface area (Å²) in [4.78, 5) is 3.14. The Hall–Kier alpha value is -1.40. The molecule has 2 aromatic carbocycles. The fraction of sp³-hybridized carbons (Fsp3) is 0. The fourth-order valence-electron chi connectivity index (χ4n) is 1.28. The molecule has 0 aromatic heterocycles. The minimum Gasteiger partial charge on any atom is -0.0605 e. The molecule has 0 aliphatic carbocycles. The zero-order valence-electron chi connectivity index (χ0n) is 6.74. The van der Waals surface area contributed by atoms with Crippen LogP contribution in [0.4, 0.5) is 5.69 Å². The lowest BCUT2D eigenvalue weighted by molar-refractivity contribution is 1.47. The van der Waals surface area contributed by atoms with Crippen molar-refractivity contribution in [2.75, 3.05) is 0 Å². The molecule has 0 unspecified atom stereocenters. The van der Waals surface area contributed by atoms with Crippen molar-refractivity contribution < 1.29 is 0 Å². The number of rotatable bonds is 0. The lowest BCUT2D eigenvalue weighted by atomic mass is 10.1. The van der Waals surface area contributed by atoms with E-state index in [0.29, 0.717) is 5.69 Å².